The molecule has 27 heavy (non-hydrogen) atoms. The number of carbonyl (C=O) groups is 2. The van der Waals surface area contributed by atoms with E-state index in [-0.39, 0.29) is 16.9 Å². The second-order valence-electron chi connectivity index (χ2n) is 5.44. The molecule has 0 radical (unpaired) electrons. The minimum absolute atomic E-state index is 0.197. The number of hydrogen-bond acceptors (Lipinski definition) is 6. The van der Waals surface area contributed by atoms with E-state index in [1.807, 2.05) is 0 Å². The van der Waals surface area contributed by atoms with E-state index in [1.54, 1.807) is 24.3 Å². The second-order valence-corrected chi connectivity index (χ2v) is 6.36. The first kappa shape index (κ1) is 18.4. The number of hydrazine groups is 1. The Labute approximate surface area is 161 Å². The van der Waals surface area contributed by atoms with Crippen LogP contribution in [0.2, 0.25) is 0 Å². The zero-order valence-corrected chi connectivity index (χ0v) is 15.3. The maximum atomic E-state index is 12.6. The molecule has 0 saturated carbocycles. The van der Waals surface area contributed by atoms with Gasteiger partial charge in [-0.3, -0.25) is 25.1 Å². The van der Waals surface area contributed by atoms with E-state index in [0.717, 1.165) is 27.7 Å². The quantitative estimate of drug-likeness (QED) is 0.340. The highest BCUT2D eigenvalue weighted by Gasteiger charge is 2.34. The average Bonchev–Trinajstić information content (AvgIpc) is 2.92. The first-order valence-electron chi connectivity index (χ1n) is 7.48. The van der Waals surface area contributed by atoms with Crippen LogP contribution in [0.1, 0.15) is 5.56 Å². The Balaban J connectivity index is 2.03. The Morgan fingerprint density at radius 3 is 2.48 bits per heavy atom. The summed E-state index contributed by atoms with van der Waals surface area (Å²) in [4.78, 5) is 35.1. The number of nitro benzene ring substituents is 1. The number of carbonyl (C=O) groups excluding carboxylic acids is 2. The van der Waals surface area contributed by atoms with Crippen LogP contribution in [0, 0.1) is 10.1 Å². The van der Waals surface area contributed by atoms with Crippen LogP contribution in [-0.4, -0.2) is 23.8 Å². The molecule has 1 heterocycles. The third kappa shape index (κ3) is 3.47. The van der Waals surface area contributed by atoms with Gasteiger partial charge in [-0.05, 0) is 35.9 Å². The molecule has 1 saturated heterocycles. The summed E-state index contributed by atoms with van der Waals surface area (Å²) in [5.74, 6) is -2.34. The van der Waals surface area contributed by atoms with Crippen LogP contribution < -0.4 is 20.3 Å². The minimum atomic E-state index is -0.729. The Morgan fingerprint density at radius 1 is 1.22 bits per heavy atom. The van der Waals surface area contributed by atoms with Crippen LogP contribution in [0.5, 0.6) is 11.5 Å². The Bertz CT molecular complexity index is 987. The van der Waals surface area contributed by atoms with Crippen LogP contribution in [0.3, 0.4) is 0 Å². The lowest BCUT2D eigenvalue weighted by molar-refractivity contribution is -0.385. The van der Waals surface area contributed by atoms with E-state index in [2.05, 4.69) is 21.4 Å². The summed E-state index contributed by atoms with van der Waals surface area (Å²) in [6.45, 7) is 0. The average molecular weight is 433 g/mol. The van der Waals surface area contributed by atoms with Crippen molar-refractivity contribution in [2.45, 2.75) is 0 Å². The smallest absolute Gasteiger partial charge is 0.282 e. The molecule has 138 valence electrons. The van der Waals surface area contributed by atoms with Crippen molar-refractivity contribution < 1.29 is 24.4 Å². The summed E-state index contributed by atoms with van der Waals surface area (Å²) in [6, 6.07) is 8.58. The maximum absolute atomic E-state index is 12.6. The molecule has 0 unspecified atom stereocenters. The number of benzene rings is 2. The van der Waals surface area contributed by atoms with Crippen molar-refractivity contribution in [2.24, 2.45) is 0 Å². The van der Waals surface area contributed by atoms with E-state index < -0.39 is 28.2 Å². The SMILES string of the molecule is COc1cc([N+](=O)[O-])cc(/C=C2/C(=O)NN(c3ccc(Br)cc3)C2=O)c1[O-]. The number of nitrogens with one attached hydrogen (secondary N) is 1. The molecule has 1 N–H and O–H groups in total. The number of nitro groups is 1. The van der Waals surface area contributed by atoms with Crippen molar-refractivity contribution >= 4 is 45.2 Å². The summed E-state index contributed by atoms with van der Waals surface area (Å²) in [6.07, 6.45) is 1.02. The number of halogens is 1. The van der Waals surface area contributed by atoms with Crippen LogP contribution in [-0.2, 0) is 9.59 Å². The van der Waals surface area contributed by atoms with Gasteiger partial charge in [0.2, 0.25) is 0 Å². The lowest BCUT2D eigenvalue weighted by atomic mass is 10.1. The predicted octanol–water partition coefficient (Wildman–Crippen LogP) is 1.90. The standard InChI is InChI=1S/C17H12BrN3O6/c1-27-14-8-12(21(25)26)6-9(15(14)22)7-13-16(23)19-20(17(13)24)11-4-2-10(18)3-5-11/h2-8,22H,1H3,(H,19,23)/p-1/b13-7-. The maximum Gasteiger partial charge on any atom is 0.282 e. The normalized spacial score (nSPS) is 15.2. The van der Waals surface area contributed by atoms with Gasteiger partial charge in [-0.15, -0.1) is 0 Å². The number of non-ortho nitro benzene ring substituents is 1. The highest BCUT2D eigenvalue weighted by Crippen LogP contribution is 2.34. The number of methoxy groups -OCH3 is 1. The fourth-order valence-electron chi connectivity index (χ4n) is 2.46. The van der Waals surface area contributed by atoms with Crippen molar-refractivity contribution in [1.29, 1.82) is 0 Å². The molecule has 2 aromatic carbocycles. The van der Waals surface area contributed by atoms with E-state index in [1.165, 1.54) is 7.11 Å². The van der Waals surface area contributed by atoms with Crippen LogP contribution in [0.4, 0.5) is 11.4 Å². The van der Waals surface area contributed by atoms with Crippen molar-refractivity contribution in [3.63, 3.8) is 0 Å². The van der Waals surface area contributed by atoms with Crippen molar-refractivity contribution in [1.82, 2.24) is 5.43 Å². The molecule has 2 amide bonds. The summed E-state index contributed by atoms with van der Waals surface area (Å²) in [5, 5.41) is 24.4. The summed E-state index contributed by atoms with van der Waals surface area (Å²) in [7, 11) is 1.19. The highest BCUT2D eigenvalue weighted by atomic mass is 79.9. The lowest BCUT2D eigenvalue weighted by Gasteiger charge is -2.16. The van der Waals surface area contributed by atoms with E-state index in [0.29, 0.717) is 5.69 Å². The third-order valence-electron chi connectivity index (χ3n) is 3.78. The van der Waals surface area contributed by atoms with Gasteiger partial charge >= 0.3 is 0 Å². The zero-order chi connectivity index (χ0) is 19.7. The van der Waals surface area contributed by atoms with Crippen LogP contribution in [0.25, 0.3) is 6.08 Å². The van der Waals surface area contributed by atoms with Crippen molar-refractivity contribution in [3.8, 4) is 11.5 Å². The van der Waals surface area contributed by atoms with Crippen molar-refractivity contribution in [2.75, 3.05) is 12.1 Å². The van der Waals surface area contributed by atoms with E-state index in [9.17, 15) is 24.8 Å². The molecule has 0 atom stereocenters. The van der Waals surface area contributed by atoms with Gasteiger partial charge in [0.1, 0.15) is 11.3 Å². The van der Waals surface area contributed by atoms with Gasteiger partial charge in [-0.1, -0.05) is 21.7 Å². The monoisotopic (exact) mass is 432 g/mol. The number of rotatable bonds is 4. The fourth-order valence-corrected chi connectivity index (χ4v) is 2.72. The first-order valence-corrected chi connectivity index (χ1v) is 8.27. The van der Waals surface area contributed by atoms with Crippen LogP contribution in [0.15, 0.2) is 46.4 Å². The first-order chi connectivity index (χ1) is 12.8. The Hall–Kier alpha value is -3.40. The number of hydrogen-bond donors (Lipinski definition) is 1. The van der Waals surface area contributed by atoms with Gasteiger partial charge < -0.3 is 9.84 Å². The Morgan fingerprint density at radius 2 is 1.89 bits per heavy atom. The largest absolute Gasteiger partial charge is 0.870 e. The Kier molecular flexibility index (Phi) is 4.82. The minimum Gasteiger partial charge on any atom is -0.870 e. The van der Waals surface area contributed by atoms with Gasteiger partial charge in [0.05, 0.1) is 23.8 Å². The van der Waals surface area contributed by atoms with Gasteiger partial charge in [0, 0.05) is 10.5 Å². The van der Waals surface area contributed by atoms with Gasteiger partial charge in [-0.25, -0.2) is 5.01 Å². The second kappa shape index (κ2) is 7.08. The summed E-state index contributed by atoms with van der Waals surface area (Å²) < 4.78 is 5.64. The molecule has 0 aromatic heterocycles. The number of anilines is 1. The molecule has 10 heteroatoms. The molecule has 0 aliphatic carbocycles. The molecule has 1 aliphatic heterocycles. The fraction of sp³-hybridized carbons (Fsp3) is 0.0588. The molecule has 1 aliphatic rings. The molecule has 2 aromatic rings. The van der Waals surface area contributed by atoms with Gasteiger partial charge in [0.15, 0.2) is 0 Å². The van der Waals surface area contributed by atoms with E-state index in [4.69, 9.17) is 4.74 Å². The molecule has 0 spiro atoms. The van der Waals surface area contributed by atoms with Crippen LogP contribution >= 0.6 is 15.9 Å². The van der Waals surface area contributed by atoms with E-state index >= 15 is 0 Å². The predicted molar refractivity (Wildman–Crippen MR) is 96.8 cm³/mol. The molecular weight excluding hydrogens is 422 g/mol. The number of amides is 2. The number of nitrogens with zero attached hydrogens (tertiary/aromatic N) is 2. The molecule has 9 nitrogen and oxygen atoms in total. The van der Waals surface area contributed by atoms with Gasteiger partial charge in [-0.2, -0.15) is 0 Å². The number of ether oxygens (including phenoxy) is 1. The summed E-state index contributed by atoms with van der Waals surface area (Å²) >= 11 is 3.27. The summed E-state index contributed by atoms with van der Waals surface area (Å²) in [5.41, 5.74) is 1.89. The molecule has 3 rings (SSSR count). The highest BCUT2D eigenvalue weighted by molar-refractivity contribution is 9.10. The zero-order valence-electron chi connectivity index (χ0n) is 13.8. The third-order valence-corrected chi connectivity index (χ3v) is 4.30. The molecule has 0 bridgehead atoms. The molecular formula is C17H11BrN3O6-. The van der Waals surface area contributed by atoms with Gasteiger partial charge in [0.25, 0.3) is 17.5 Å². The lowest BCUT2D eigenvalue weighted by Crippen LogP contribution is -2.35. The molecule has 1 fully saturated rings. The topological polar surface area (TPSA) is 125 Å². The van der Waals surface area contributed by atoms with Crippen molar-refractivity contribution in [3.05, 3.63) is 62.1 Å².